The van der Waals surface area contributed by atoms with Crippen molar-refractivity contribution in [3.8, 4) is 5.75 Å². The molecule has 1 aliphatic rings. The lowest BCUT2D eigenvalue weighted by Crippen LogP contribution is -2.43. The second-order valence-electron chi connectivity index (χ2n) is 7.43. The van der Waals surface area contributed by atoms with E-state index < -0.39 is 5.60 Å². The smallest absolute Gasteiger partial charge is 0.410 e. The van der Waals surface area contributed by atoms with E-state index in [0.717, 1.165) is 48.1 Å². The van der Waals surface area contributed by atoms with E-state index in [1.165, 1.54) is 0 Å². The molecule has 0 spiro atoms. The van der Waals surface area contributed by atoms with Gasteiger partial charge in [0.15, 0.2) is 0 Å². The first-order valence-corrected chi connectivity index (χ1v) is 9.41. The van der Waals surface area contributed by atoms with Crippen molar-refractivity contribution < 1.29 is 14.3 Å². The molecular weight excluding hydrogens is 370 g/mol. The highest BCUT2D eigenvalue weighted by Crippen LogP contribution is 2.27. The molecule has 1 saturated heterocycles. The van der Waals surface area contributed by atoms with Gasteiger partial charge in [0, 0.05) is 23.1 Å². The molecule has 1 fully saturated rings. The first-order valence-electron chi connectivity index (χ1n) is 8.62. The third-order valence-electron chi connectivity index (χ3n) is 4.17. The van der Waals surface area contributed by atoms with Gasteiger partial charge >= 0.3 is 6.09 Å². The summed E-state index contributed by atoms with van der Waals surface area (Å²) in [4.78, 5) is 14.0. The highest BCUT2D eigenvalue weighted by Gasteiger charge is 2.27. The fourth-order valence-electron chi connectivity index (χ4n) is 2.87. The molecule has 1 heterocycles. The van der Waals surface area contributed by atoms with Crippen molar-refractivity contribution >= 4 is 22.0 Å². The second-order valence-corrected chi connectivity index (χ2v) is 8.29. The van der Waals surface area contributed by atoms with Crippen molar-refractivity contribution in [3.63, 3.8) is 0 Å². The summed E-state index contributed by atoms with van der Waals surface area (Å²) in [6.45, 7) is 9.97. The zero-order chi connectivity index (χ0) is 17.7. The Kier molecular flexibility index (Phi) is 6.55. The van der Waals surface area contributed by atoms with Crippen LogP contribution in [0.5, 0.6) is 5.75 Å². The van der Waals surface area contributed by atoms with E-state index in [-0.39, 0.29) is 6.09 Å². The molecule has 5 heteroatoms. The number of carbonyl (C=O) groups excluding carboxylic acids is 1. The second kappa shape index (κ2) is 8.24. The van der Waals surface area contributed by atoms with Gasteiger partial charge in [0.05, 0.1) is 6.61 Å². The Balaban J connectivity index is 1.81. The van der Waals surface area contributed by atoms with Gasteiger partial charge in [0.2, 0.25) is 0 Å². The summed E-state index contributed by atoms with van der Waals surface area (Å²) in [6.07, 6.45) is 2.92. The van der Waals surface area contributed by atoms with Gasteiger partial charge in [-0.05, 0) is 65.0 Å². The Bertz CT molecular complexity index is 568. The Morgan fingerprint density at radius 1 is 1.38 bits per heavy atom. The van der Waals surface area contributed by atoms with E-state index in [0.29, 0.717) is 12.5 Å². The molecule has 4 nitrogen and oxygen atoms in total. The normalized spacial score (nSPS) is 18.4. The van der Waals surface area contributed by atoms with E-state index in [9.17, 15) is 4.79 Å². The first-order chi connectivity index (χ1) is 11.3. The number of hydrogen-bond donors (Lipinski definition) is 0. The average molecular weight is 398 g/mol. The van der Waals surface area contributed by atoms with Crippen molar-refractivity contribution in [3.05, 3.63) is 28.2 Å². The van der Waals surface area contributed by atoms with Crippen LogP contribution in [0.25, 0.3) is 0 Å². The van der Waals surface area contributed by atoms with E-state index in [4.69, 9.17) is 9.47 Å². The minimum absolute atomic E-state index is 0.198. The van der Waals surface area contributed by atoms with E-state index in [2.05, 4.69) is 15.9 Å². The fraction of sp³-hybridized carbons (Fsp3) is 0.632. The Labute approximate surface area is 153 Å². The van der Waals surface area contributed by atoms with Crippen molar-refractivity contribution in [1.82, 2.24) is 4.90 Å². The Morgan fingerprint density at radius 3 is 2.83 bits per heavy atom. The van der Waals surface area contributed by atoms with Crippen LogP contribution in [0, 0.1) is 12.8 Å². The molecular formula is C19H28BrNO3. The molecule has 0 saturated carbocycles. The Morgan fingerprint density at radius 2 is 2.12 bits per heavy atom. The van der Waals surface area contributed by atoms with E-state index >= 15 is 0 Å². The molecule has 0 bridgehead atoms. The summed E-state index contributed by atoms with van der Waals surface area (Å²) in [5.41, 5.74) is 0.683. The zero-order valence-corrected chi connectivity index (χ0v) is 16.7. The molecule has 0 radical (unpaired) electrons. The van der Waals surface area contributed by atoms with Crippen LogP contribution in [-0.2, 0) is 4.74 Å². The van der Waals surface area contributed by atoms with Crippen LogP contribution in [-0.4, -0.2) is 36.3 Å². The van der Waals surface area contributed by atoms with Crippen LogP contribution >= 0.6 is 15.9 Å². The number of piperidine rings is 1. The van der Waals surface area contributed by atoms with Gasteiger partial charge < -0.3 is 14.4 Å². The number of ether oxygens (including phenoxy) is 2. The monoisotopic (exact) mass is 397 g/mol. The maximum atomic E-state index is 12.2. The van der Waals surface area contributed by atoms with Gasteiger partial charge in [-0.2, -0.15) is 0 Å². The predicted octanol–water partition coefficient (Wildman–Crippen LogP) is 5.17. The zero-order valence-electron chi connectivity index (χ0n) is 15.1. The van der Waals surface area contributed by atoms with Gasteiger partial charge in [-0.3, -0.25) is 0 Å². The predicted molar refractivity (Wildman–Crippen MR) is 99.5 cm³/mol. The lowest BCUT2D eigenvalue weighted by molar-refractivity contribution is 0.0154. The molecule has 1 atom stereocenters. The highest BCUT2D eigenvalue weighted by atomic mass is 79.9. The van der Waals surface area contributed by atoms with Gasteiger partial charge in [-0.1, -0.05) is 22.0 Å². The third kappa shape index (κ3) is 5.69. The van der Waals surface area contributed by atoms with Gasteiger partial charge in [0.1, 0.15) is 11.4 Å². The van der Waals surface area contributed by atoms with E-state index in [1.54, 1.807) is 0 Å². The Hall–Kier alpha value is -1.23. The standard InChI is InChI=1S/C19H28BrNO3/c1-14-16(20)8-5-9-17(14)23-12-10-15-7-6-11-21(13-15)18(22)24-19(2,3)4/h5,8-9,15H,6-7,10-13H2,1-4H3/t15-/m0/s1. The summed E-state index contributed by atoms with van der Waals surface area (Å²) in [5, 5.41) is 0. The van der Waals surface area contributed by atoms with Crippen LogP contribution in [0.3, 0.4) is 0 Å². The van der Waals surface area contributed by atoms with Crippen LogP contribution in [0.1, 0.15) is 45.6 Å². The molecule has 24 heavy (non-hydrogen) atoms. The minimum Gasteiger partial charge on any atom is -0.493 e. The minimum atomic E-state index is -0.439. The van der Waals surface area contributed by atoms with Crippen LogP contribution in [0.2, 0.25) is 0 Å². The average Bonchev–Trinajstić information content (AvgIpc) is 2.50. The van der Waals surface area contributed by atoms with Crippen molar-refractivity contribution in [2.45, 2.75) is 52.6 Å². The molecule has 0 N–H and O–H groups in total. The van der Waals surface area contributed by atoms with Gasteiger partial charge in [0.25, 0.3) is 0 Å². The maximum Gasteiger partial charge on any atom is 0.410 e. The molecule has 1 aromatic carbocycles. The number of likely N-dealkylation sites (tertiary alicyclic amines) is 1. The number of carbonyl (C=O) groups is 1. The van der Waals surface area contributed by atoms with Crippen LogP contribution in [0.15, 0.2) is 22.7 Å². The number of rotatable bonds is 4. The quantitative estimate of drug-likeness (QED) is 0.702. The largest absolute Gasteiger partial charge is 0.493 e. The van der Waals surface area contributed by atoms with Crippen LogP contribution < -0.4 is 4.74 Å². The molecule has 1 amide bonds. The molecule has 1 aliphatic heterocycles. The number of halogens is 1. The number of nitrogens with zero attached hydrogens (tertiary/aromatic N) is 1. The van der Waals surface area contributed by atoms with Crippen molar-refractivity contribution in [1.29, 1.82) is 0 Å². The molecule has 0 aliphatic carbocycles. The molecule has 0 aromatic heterocycles. The summed E-state index contributed by atoms with van der Waals surface area (Å²) in [5.74, 6) is 1.39. The summed E-state index contributed by atoms with van der Waals surface area (Å²) < 4.78 is 12.5. The summed E-state index contributed by atoms with van der Waals surface area (Å²) in [6, 6.07) is 5.99. The van der Waals surface area contributed by atoms with Crippen molar-refractivity contribution in [2.75, 3.05) is 19.7 Å². The number of hydrogen-bond acceptors (Lipinski definition) is 3. The van der Waals surface area contributed by atoms with Crippen molar-refractivity contribution in [2.24, 2.45) is 5.92 Å². The molecule has 134 valence electrons. The molecule has 0 unspecified atom stereocenters. The maximum absolute atomic E-state index is 12.2. The lowest BCUT2D eigenvalue weighted by Gasteiger charge is -2.34. The third-order valence-corrected chi connectivity index (χ3v) is 5.03. The summed E-state index contributed by atoms with van der Waals surface area (Å²) >= 11 is 3.52. The lowest BCUT2D eigenvalue weighted by atomic mass is 9.95. The SMILES string of the molecule is Cc1c(Br)cccc1OCC[C@@H]1CCCN(C(=O)OC(C)(C)C)C1. The number of benzene rings is 1. The van der Waals surface area contributed by atoms with Gasteiger partial charge in [-0.15, -0.1) is 0 Å². The fourth-order valence-corrected chi connectivity index (χ4v) is 3.22. The van der Waals surface area contributed by atoms with Gasteiger partial charge in [-0.25, -0.2) is 4.79 Å². The topological polar surface area (TPSA) is 38.8 Å². The highest BCUT2D eigenvalue weighted by molar-refractivity contribution is 9.10. The first kappa shape index (κ1) is 19.1. The number of amides is 1. The molecule has 1 aromatic rings. The van der Waals surface area contributed by atoms with Crippen LogP contribution in [0.4, 0.5) is 4.79 Å². The molecule has 2 rings (SSSR count). The summed E-state index contributed by atoms with van der Waals surface area (Å²) in [7, 11) is 0. The van der Waals surface area contributed by atoms with E-state index in [1.807, 2.05) is 50.8 Å².